The van der Waals surface area contributed by atoms with E-state index < -0.39 is 0 Å². The highest BCUT2D eigenvalue weighted by Gasteiger charge is 1.98. The van der Waals surface area contributed by atoms with Gasteiger partial charge in [-0.15, -0.1) is 0 Å². The van der Waals surface area contributed by atoms with Crippen LogP contribution in [-0.4, -0.2) is 4.98 Å². The molecule has 0 aliphatic heterocycles. The minimum Gasteiger partial charge on any atom is -0.258 e. The van der Waals surface area contributed by atoms with Gasteiger partial charge in [-0.3, -0.25) is 4.98 Å². The maximum Gasteiger partial charge on any atom is 0.0450 e. The molecule has 82 valence electrons. The van der Waals surface area contributed by atoms with Gasteiger partial charge < -0.3 is 0 Å². The van der Waals surface area contributed by atoms with Gasteiger partial charge in [0, 0.05) is 17.8 Å². The zero-order valence-electron chi connectivity index (χ0n) is 9.69. The lowest BCUT2D eigenvalue weighted by atomic mass is 10.1. The zero-order chi connectivity index (χ0) is 11.2. The van der Waals surface area contributed by atoms with Crippen LogP contribution in [0.15, 0.2) is 48.5 Å². The molecular formula is C15H17N. The molecule has 0 spiro atoms. The third kappa shape index (κ3) is 2.93. The monoisotopic (exact) mass is 211 g/mol. The molecule has 0 fully saturated rings. The molecule has 0 radical (unpaired) electrons. The van der Waals surface area contributed by atoms with E-state index in [2.05, 4.69) is 54.4 Å². The molecule has 2 aromatic rings. The quantitative estimate of drug-likeness (QED) is 0.752. The van der Waals surface area contributed by atoms with Crippen LogP contribution in [0.25, 0.3) is 0 Å². The third-order valence-corrected chi connectivity index (χ3v) is 2.60. The van der Waals surface area contributed by atoms with Crippen molar-refractivity contribution < 1.29 is 0 Å². The second kappa shape index (κ2) is 5.45. The minimum absolute atomic E-state index is 0.929. The maximum atomic E-state index is 4.66. The van der Waals surface area contributed by atoms with Gasteiger partial charge in [-0.2, -0.15) is 0 Å². The summed E-state index contributed by atoms with van der Waals surface area (Å²) in [6, 6.07) is 16.8. The Morgan fingerprint density at radius 3 is 2.38 bits per heavy atom. The summed E-state index contributed by atoms with van der Waals surface area (Å²) >= 11 is 0. The van der Waals surface area contributed by atoms with Gasteiger partial charge in [0.1, 0.15) is 0 Å². The summed E-state index contributed by atoms with van der Waals surface area (Å²) in [6.45, 7) is 2.19. The Morgan fingerprint density at radius 1 is 0.875 bits per heavy atom. The molecule has 0 amide bonds. The van der Waals surface area contributed by atoms with Crippen molar-refractivity contribution in [2.75, 3.05) is 0 Å². The van der Waals surface area contributed by atoms with E-state index in [9.17, 15) is 0 Å². The van der Waals surface area contributed by atoms with Crippen LogP contribution in [-0.2, 0) is 12.8 Å². The molecule has 1 heteroatoms. The summed E-state index contributed by atoms with van der Waals surface area (Å²) in [4.78, 5) is 4.66. The lowest BCUT2D eigenvalue weighted by Gasteiger charge is -2.03. The van der Waals surface area contributed by atoms with E-state index in [0.717, 1.165) is 25.0 Å². The van der Waals surface area contributed by atoms with Crippen LogP contribution in [0.1, 0.15) is 30.3 Å². The molecule has 0 aliphatic carbocycles. The van der Waals surface area contributed by atoms with E-state index in [1.54, 1.807) is 0 Å². The predicted molar refractivity (Wildman–Crippen MR) is 67.5 cm³/mol. The van der Waals surface area contributed by atoms with Crippen LogP contribution in [0, 0.1) is 0 Å². The lowest BCUT2D eigenvalue weighted by molar-refractivity contribution is 0.866. The zero-order valence-corrected chi connectivity index (χ0v) is 9.69. The molecule has 1 heterocycles. The first-order valence-electron chi connectivity index (χ1n) is 5.87. The average molecular weight is 211 g/mol. The van der Waals surface area contributed by atoms with Gasteiger partial charge in [0.25, 0.3) is 0 Å². The second-order valence-electron chi connectivity index (χ2n) is 4.03. The van der Waals surface area contributed by atoms with Crippen molar-refractivity contribution in [3.63, 3.8) is 0 Å². The Labute approximate surface area is 97.2 Å². The molecule has 0 N–H and O–H groups in total. The molecule has 2 rings (SSSR count). The Balaban J connectivity index is 2.12. The number of aromatic nitrogens is 1. The van der Waals surface area contributed by atoms with Crippen LogP contribution >= 0.6 is 0 Å². The Bertz CT molecular complexity index is 434. The summed E-state index contributed by atoms with van der Waals surface area (Å²) in [5, 5.41) is 0. The molecular weight excluding hydrogens is 194 g/mol. The van der Waals surface area contributed by atoms with Crippen molar-refractivity contribution in [2.24, 2.45) is 0 Å². The number of pyridine rings is 1. The number of nitrogens with zero attached hydrogens (tertiary/aromatic N) is 1. The molecule has 0 atom stereocenters. The molecule has 0 saturated carbocycles. The van der Waals surface area contributed by atoms with E-state index >= 15 is 0 Å². The number of aryl methyl sites for hydroxylation is 1. The molecule has 1 nitrogen and oxygen atoms in total. The normalized spacial score (nSPS) is 10.3. The number of hydrogen-bond acceptors (Lipinski definition) is 1. The highest BCUT2D eigenvalue weighted by atomic mass is 14.7. The lowest BCUT2D eigenvalue weighted by Crippen LogP contribution is -1.96. The SMILES string of the molecule is CCCc1cccc(Cc2ccccc2)n1. The Hall–Kier alpha value is -1.63. The van der Waals surface area contributed by atoms with Gasteiger partial charge in [0.15, 0.2) is 0 Å². The van der Waals surface area contributed by atoms with E-state index in [4.69, 9.17) is 0 Å². The topological polar surface area (TPSA) is 12.9 Å². The predicted octanol–water partition coefficient (Wildman–Crippen LogP) is 3.62. The summed E-state index contributed by atoms with van der Waals surface area (Å²) < 4.78 is 0. The number of benzene rings is 1. The largest absolute Gasteiger partial charge is 0.258 e. The molecule has 1 aromatic carbocycles. The molecule has 0 unspecified atom stereocenters. The molecule has 16 heavy (non-hydrogen) atoms. The standard InChI is InChI=1S/C15H17N/c1-2-7-14-10-6-11-15(16-14)12-13-8-4-3-5-9-13/h3-6,8-11H,2,7,12H2,1H3. The average Bonchev–Trinajstić information content (AvgIpc) is 2.31. The molecule has 0 bridgehead atoms. The summed E-state index contributed by atoms with van der Waals surface area (Å²) in [7, 11) is 0. The van der Waals surface area contributed by atoms with E-state index in [1.807, 2.05) is 6.07 Å². The smallest absolute Gasteiger partial charge is 0.0450 e. The van der Waals surface area contributed by atoms with Crippen molar-refractivity contribution in [3.8, 4) is 0 Å². The van der Waals surface area contributed by atoms with E-state index in [0.29, 0.717) is 0 Å². The highest BCUT2D eigenvalue weighted by Crippen LogP contribution is 2.08. The van der Waals surface area contributed by atoms with Crippen molar-refractivity contribution in [1.29, 1.82) is 0 Å². The van der Waals surface area contributed by atoms with Crippen LogP contribution in [0.2, 0.25) is 0 Å². The van der Waals surface area contributed by atoms with Crippen molar-refractivity contribution in [3.05, 3.63) is 65.5 Å². The summed E-state index contributed by atoms with van der Waals surface area (Å²) in [5.74, 6) is 0. The Morgan fingerprint density at radius 2 is 1.62 bits per heavy atom. The van der Waals surface area contributed by atoms with E-state index in [1.165, 1.54) is 11.3 Å². The van der Waals surface area contributed by atoms with Crippen LogP contribution < -0.4 is 0 Å². The van der Waals surface area contributed by atoms with Gasteiger partial charge in [-0.05, 0) is 24.1 Å². The van der Waals surface area contributed by atoms with Crippen LogP contribution in [0.5, 0.6) is 0 Å². The maximum absolute atomic E-state index is 4.66. The third-order valence-electron chi connectivity index (χ3n) is 2.60. The number of hydrogen-bond donors (Lipinski definition) is 0. The van der Waals surface area contributed by atoms with Gasteiger partial charge in [-0.1, -0.05) is 49.7 Å². The summed E-state index contributed by atoms with van der Waals surface area (Å²) in [6.07, 6.45) is 3.16. The van der Waals surface area contributed by atoms with Crippen molar-refractivity contribution >= 4 is 0 Å². The Kier molecular flexibility index (Phi) is 3.71. The van der Waals surface area contributed by atoms with Crippen molar-refractivity contribution in [1.82, 2.24) is 4.98 Å². The fourth-order valence-corrected chi connectivity index (χ4v) is 1.83. The highest BCUT2D eigenvalue weighted by molar-refractivity contribution is 5.22. The second-order valence-corrected chi connectivity index (χ2v) is 4.03. The van der Waals surface area contributed by atoms with Crippen LogP contribution in [0.4, 0.5) is 0 Å². The van der Waals surface area contributed by atoms with Gasteiger partial charge in [0.2, 0.25) is 0 Å². The first-order valence-corrected chi connectivity index (χ1v) is 5.87. The van der Waals surface area contributed by atoms with Gasteiger partial charge in [0.05, 0.1) is 0 Å². The fraction of sp³-hybridized carbons (Fsp3) is 0.267. The molecule has 0 aliphatic rings. The van der Waals surface area contributed by atoms with E-state index in [-0.39, 0.29) is 0 Å². The van der Waals surface area contributed by atoms with Crippen molar-refractivity contribution in [2.45, 2.75) is 26.2 Å². The fourth-order valence-electron chi connectivity index (χ4n) is 1.83. The van der Waals surface area contributed by atoms with Gasteiger partial charge in [-0.25, -0.2) is 0 Å². The number of rotatable bonds is 4. The first kappa shape index (κ1) is 10.9. The van der Waals surface area contributed by atoms with Crippen LogP contribution in [0.3, 0.4) is 0 Å². The van der Waals surface area contributed by atoms with Gasteiger partial charge >= 0.3 is 0 Å². The first-order chi connectivity index (χ1) is 7.88. The minimum atomic E-state index is 0.929. The summed E-state index contributed by atoms with van der Waals surface area (Å²) in [5.41, 5.74) is 3.69. The molecule has 1 aromatic heterocycles. The molecule has 0 saturated heterocycles.